The molecule has 10 heteroatoms. The highest BCUT2D eigenvalue weighted by atomic mass is 32.2. The van der Waals surface area contributed by atoms with Crippen molar-refractivity contribution in [3.63, 3.8) is 0 Å². The maximum Gasteiger partial charge on any atom is 0.328 e. The van der Waals surface area contributed by atoms with Crippen LogP contribution in [0.25, 0.3) is 0 Å². The molecule has 176 valence electrons. The highest BCUT2D eigenvalue weighted by Crippen LogP contribution is 2.44. The first kappa shape index (κ1) is 26.1. The molecule has 0 bridgehead atoms. The van der Waals surface area contributed by atoms with Crippen molar-refractivity contribution in [1.29, 1.82) is 0 Å². The average Bonchev–Trinajstić information content (AvgIpc) is 3.11. The third kappa shape index (κ3) is 7.16. The van der Waals surface area contributed by atoms with E-state index in [0.717, 1.165) is 11.8 Å². The number of carbonyl (C=O) groups is 4. The van der Waals surface area contributed by atoms with Gasteiger partial charge < -0.3 is 20.1 Å². The van der Waals surface area contributed by atoms with Gasteiger partial charge in [0.2, 0.25) is 11.8 Å². The van der Waals surface area contributed by atoms with Gasteiger partial charge in [-0.15, -0.1) is 11.8 Å². The Morgan fingerprint density at radius 1 is 1.28 bits per heavy atom. The fourth-order valence-corrected chi connectivity index (χ4v) is 5.16. The van der Waals surface area contributed by atoms with Gasteiger partial charge in [0.25, 0.3) is 0 Å². The molecule has 1 aliphatic rings. The normalized spacial score (nSPS) is 19.3. The second-order valence-electron chi connectivity index (χ2n) is 8.42. The Morgan fingerprint density at radius 3 is 2.53 bits per heavy atom. The van der Waals surface area contributed by atoms with Crippen LogP contribution < -0.4 is 5.32 Å². The lowest BCUT2D eigenvalue weighted by molar-refractivity contribution is -0.158. The number of rotatable bonds is 7. The van der Waals surface area contributed by atoms with Gasteiger partial charge >= 0.3 is 5.97 Å². The molecule has 1 heterocycles. The molecule has 0 radical (unpaired) electrons. The van der Waals surface area contributed by atoms with Crippen LogP contribution in [0.1, 0.15) is 52.0 Å². The summed E-state index contributed by atoms with van der Waals surface area (Å²) in [6, 6.07) is 4.96. The van der Waals surface area contributed by atoms with Gasteiger partial charge in [0.1, 0.15) is 28.8 Å². The van der Waals surface area contributed by atoms with Crippen LogP contribution in [0.3, 0.4) is 0 Å². The van der Waals surface area contributed by atoms with E-state index in [-0.39, 0.29) is 23.2 Å². The summed E-state index contributed by atoms with van der Waals surface area (Å²) in [5.41, 5.74) is -0.161. The Kier molecular flexibility index (Phi) is 9.03. The number of esters is 1. The van der Waals surface area contributed by atoms with Gasteiger partial charge in [0.15, 0.2) is 5.12 Å². The number of phenols is 1. The van der Waals surface area contributed by atoms with E-state index < -0.39 is 34.9 Å². The van der Waals surface area contributed by atoms with Gasteiger partial charge in [0, 0.05) is 30.4 Å². The van der Waals surface area contributed by atoms with E-state index in [4.69, 9.17) is 4.74 Å². The lowest BCUT2D eigenvalue weighted by Crippen LogP contribution is -2.52. The molecule has 1 fully saturated rings. The molecule has 1 saturated heterocycles. The van der Waals surface area contributed by atoms with Crippen LogP contribution in [0.2, 0.25) is 0 Å². The standard InChI is InChI=1S/C22H30N2O6S2/c1-13(21(29)30-22(3,4)5)23-19(28)16-12-32-20(15-8-6-7-9-17(15)26)24(16)18(27)10-11-31-14(2)25/h6-9,13,16,20,26H,10-12H2,1-5H3,(H,23,28)/t13-,16-,20+/m0/s1. The van der Waals surface area contributed by atoms with Crippen molar-refractivity contribution >= 4 is 46.4 Å². The Bertz CT molecular complexity index is 870. The molecule has 2 N–H and O–H groups in total. The van der Waals surface area contributed by atoms with Gasteiger partial charge in [-0.3, -0.25) is 14.4 Å². The zero-order chi connectivity index (χ0) is 24.1. The summed E-state index contributed by atoms with van der Waals surface area (Å²) < 4.78 is 5.31. The summed E-state index contributed by atoms with van der Waals surface area (Å²) in [6.07, 6.45) is 0.0697. The van der Waals surface area contributed by atoms with E-state index in [1.807, 2.05) is 0 Å². The Morgan fingerprint density at radius 2 is 1.94 bits per heavy atom. The summed E-state index contributed by atoms with van der Waals surface area (Å²) in [7, 11) is 0. The van der Waals surface area contributed by atoms with Gasteiger partial charge in [-0.25, -0.2) is 4.79 Å². The second kappa shape index (κ2) is 11.1. The van der Waals surface area contributed by atoms with Crippen LogP contribution in [-0.4, -0.2) is 62.1 Å². The second-order valence-corrected chi connectivity index (χ2v) is 10.8. The molecule has 8 nitrogen and oxygen atoms in total. The number of para-hydroxylation sites is 1. The zero-order valence-corrected chi connectivity index (χ0v) is 20.5. The molecular weight excluding hydrogens is 452 g/mol. The molecule has 1 aromatic carbocycles. The molecule has 0 aliphatic carbocycles. The highest BCUT2D eigenvalue weighted by Gasteiger charge is 2.43. The molecule has 1 aliphatic heterocycles. The number of thioether (sulfide) groups is 2. The van der Waals surface area contributed by atoms with Crippen LogP contribution in [0.15, 0.2) is 24.3 Å². The number of carbonyl (C=O) groups excluding carboxylic acids is 4. The molecule has 0 unspecified atom stereocenters. The summed E-state index contributed by atoms with van der Waals surface area (Å²) in [6.45, 7) is 8.18. The van der Waals surface area contributed by atoms with E-state index in [9.17, 15) is 24.3 Å². The molecule has 2 amide bonds. The number of hydrogen-bond acceptors (Lipinski definition) is 8. The van der Waals surface area contributed by atoms with Crippen molar-refractivity contribution in [2.45, 2.75) is 64.1 Å². The quantitative estimate of drug-likeness (QED) is 0.571. The van der Waals surface area contributed by atoms with E-state index in [1.165, 1.54) is 36.6 Å². The fourth-order valence-electron chi connectivity index (χ4n) is 3.12. The van der Waals surface area contributed by atoms with Crippen molar-refractivity contribution < 1.29 is 29.0 Å². The topological polar surface area (TPSA) is 113 Å². The SMILES string of the molecule is CC(=O)SCCC(=O)N1[C@@H](c2ccccc2O)SC[C@H]1C(=O)N[C@@H](C)C(=O)OC(C)(C)C. The van der Waals surface area contributed by atoms with Gasteiger partial charge in [-0.05, 0) is 33.8 Å². The van der Waals surface area contributed by atoms with Crippen LogP contribution in [0, 0.1) is 0 Å². The van der Waals surface area contributed by atoms with E-state index >= 15 is 0 Å². The first-order chi connectivity index (χ1) is 14.9. The van der Waals surface area contributed by atoms with Gasteiger partial charge in [-0.2, -0.15) is 0 Å². The minimum absolute atomic E-state index is 0.0316. The van der Waals surface area contributed by atoms with Crippen LogP contribution in [0.5, 0.6) is 5.75 Å². The zero-order valence-electron chi connectivity index (χ0n) is 18.9. The first-order valence-electron chi connectivity index (χ1n) is 10.3. The molecule has 2 rings (SSSR count). The average molecular weight is 483 g/mol. The van der Waals surface area contributed by atoms with E-state index in [1.54, 1.807) is 39.0 Å². The van der Waals surface area contributed by atoms with Crippen molar-refractivity contribution in [2.75, 3.05) is 11.5 Å². The van der Waals surface area contributed by atoms with E-state index in [2.05, 4.69) is 5.32 Å². The number of nitrogens with zero attached hydrogens (tertiary/aromatic N) is 1. The predicted octanol–water partition coefficient (Wildman–Crippen LogP) is 2.85. The number of aromatic hydroxyl groups is 1. The smallest absolute Gasteiger partial charge is 0.328 e. The Hall–Kier alpha value is -2.20. The fraction of sp³-hybridized carbons (Fsp3) is 0.545. The first-order valence-corrected chi connectivity index (χ1v) is 12.3. The van der Waals surface area contributed by atoms with Gasteiger partial charge in [0.05, 0.1) is 0 Å². The van der Waals surface area contributed by atoms with Crippen molar-refractivity contribution in [2.24, 2.45) is 0 Å². The number of ether oxygens (including phenoxy) is 1. The Balaban J connectivity index is 2.20. The number of hydrogen-bond donors (Lipinski definition) is 2. The number of nitrogens with one attached hydrogen (secondary N) is 1. The van der Waals surface area contributed by atoms with Crippen molar-refractivity contribution in [3.05, 3.63) is 29.8 Å². The molecule has 0 aromatic heterocycles. The maximum absolute atomic E-state index is 13.1. The molecule has 1 aromatic rings. The number of amides is 2. The minimum atomic E-state index is -0.888. The summed E-state index contributed by atoms with van der Waals surface area (Å²) in [5.74, 6) is -0.708. The van der Waals surface area contributed by atoms with Crippen LogP contribution in [0.4, 0.5) is 0 Å². The minimum Gasteiger partial charge on any atom is -0.508 e. The van der Waals surface area contributed by atoms with E-state index in [0.29, 0.717) is 17.1 Å². The predicted molar refractivity (Wildman–Crippen MR) is 125 cm³/mol. The molecule has 0 spiro atoms. The molecule has 3 atom stereocenters. The Labute approximate surface area is 196 Å². The highest BCUT2D eigenvalue weighted by molar-refractivity contribution is 8.13. The summed E-state index contributed by atoms with van der Waals surface area (Å²) in [4.78, 5) is 51.1. The third-order valence-corrected chi connectivity index (χ3v) is 6.65. The maximum atomic E-state index is 13.1. The van der Waals surface area contributed by atoms with Crippen LogP contribution in [-0.2, 0) is 23.9 Å². The lowest BCUT2D eigenvalue weighted by Gasteiger charge is -2.30. The van der Waals surface area contributed by atoms with Crippen molar-refractivity contribution in [1.82, 2.24) is 10.2 Å². The number of benzene rings is 1. The largest absolute Gasteiger partial charge is 0.508 e. The third-order valence-electron chi connectivity index (χ3n) is 4.53. The monoisotopic (exact) mass is 482 g/mol. The molecular formula is C22H30N2O6S2. The van der Waals surface area contributed by atoms with Crippen molar-refractivity contribution in [3.8, 4) is 5.75 Å². The summed E-state index contributed by atoms with van der Waals surface area (Å²) in [5, 5.41) is 12.3. The van der Waals surface area contributed by atoms with Crippen LogP contribution >= 0.6 is 23.5 Å². The summed E-state index contributed by atoms with van der Waals surface area (Å²) >= 11 is 2.41. The van der Waals surface area contributed by atoms with Gasteiger partial charge in [-0.1, -0.05) is 30.0 Å². The number of phenolic OH excluding ortho intramolecular Hbond substituents is 1. The molecule has 0 saturated carbocycles. The lowest BCUT2D eigenvalue weighted by atomic mass is 10.1. The molecule has 32 heavy (non-hydrogen) atoms.